The number of ether oxygens (including phenoxy) is 1. The molecule has 0 bridgehead atoms. The molecule has 1 aromatic heterocycles. The van der Waals surface area contributed by atoms with Crippen molar-refractivity contribution >= 4 is 17.2 Å². The zero-order valence-corrected chi connectivity index (χ0v) is 15.3. The number of aromatic nitrogens is 1. The number of likely N-dealkylation sites (tertiary alicyclic amines) is 1. The van der Waals surface area contributed by atoms with Crippen molar-refractivity contribution in [3.8, 4) is 0 Å². The van der Waals surface area contributed by atoms with Crippen molar-refractivity contribution in [1.29, 1.82) is 0 Å². The van der Waals surface area contributed by atoms with Crippen molar-refractivity contribution in [2.45, 2.75) is 76.9 Å². The molecule has 1 amide bonds. The van der Waals surface area contributed by atoms with E-state index in [1.165, 1.54) is 6.42 Å². The van der Waals surface area contributed by atoms with Gasteiger partial charge in [0, 0.05) is 23.9 Å². The molecule has 2 saturated heterocycles. The molecule has 0 unspecified atom stereocenters. The minimum Gasteiger partial charge on any atom is -0.378 e. The number of amides is 1. The molecule has 5 heteroatoms. The van der Waals surface area contributed by atoms with E-state index in [-0.39, 0.29) is 23.5 Å². The van der Waals surface area contributed by atoms with Gasteiger partial charge in [-0.3, -0.25) is 4.79 Å². The molecule has 0 radical (unpaired) electrons. The number of carbonyl (C=O) groups excluding carboxylic acids is 1. The quantitative estimate of drug-likeness (QED) is 0.836. The summed E-state index contributed by atoms with van der Waals surface area (Å²) < 4.78 is 5.64. The fourth-order valence-electron chi connectivity index (χ4n) is 3.39. The van der Waals surface area contributed by atoms with E-state index >= 15 is 0 Å². The zero-order valence-electron chi connectivity index (χ0n) is 14.5. The van der Waals surface area contributed by atoms with Crippen molar-refractivity contribution in [1.82, 2.24) is 9.88 Å². The number of piperidine rings is 1. The second-order valence-electron chi connectivity index (χ2n) is 7.76. The molecule has 128 valence electrons. The summed E-state index contributed by atoms with van der Waals surface area (Å²) in [5, 5.41) is 3.27. The van der Waals surface area contributed by atoms with Crippen LogP contribution in [0.1, 0.15) is 76.0 Å². The van der Waals surface area contributed by atoms with Crippen LogP contribution in [-0.4, -0.2) is 35.0 Å². The van der Waals surface area contributed by atoms with Crippen molar-refractivity contribution in [2.24, 2.45) is 0 Å². The summed E-state index contributed by atoms with van der Waals surface area (Å²) in [6.07, 6.45) is 6.09. The molecule has 23 heavy (non-hydrogen) atoms. The lowest BCUT2D eigenvalue weighted by Crippen LogP contribution is -2.39. The molecule has 2 aliphatic heterocycles. The molecule has 3 rings (SSSR count). The molecule has 0 aliphatic carbocycles. The third-order valence-corrected chi connectivity index (χ3v) is 5.77. The highest BCUT2D eigenvalue weighted by Gasteiger charge is 2.32. The first-order valence-corrected chi connectivity index (χ1v) is 9.70. The van der Waals surface area contributed by atoms with Gasteiger partial charge < -0.3 is 9.64 Å². The highest BCUT2D eigenvalue weighted by atomic mass is 32.1. The Morgan fingerprint density at radius 2 is 2.17 bits per heavy atom. The predicted octanol–water partition coefficient (Wildman–Crippen LogP) is 4.06. The van der Waals surface area contributed by atoms with E-state index in [1.54, 1.807) is 11.3 Å². The maximum absolute atomic E-state index is 12.8. The standard InChI is InChI=1S/C18H28N2O2S/c1-18(2,3)15-12-23-17(19-15)14-8-4-5-9-20(14)16(21)11-13-7-6-10-22-13/h12-14H,4-11H2,1-3H3/t13-,14-/m0/s1. The molecule has 2 atom stereocenters. The lowest BCUT2D eigenvalue weighted by molar-refractivity contribution is -0.137. The lowest BCUT2D eigenvalue weighted by atomic mass is 9.93. The topological polar surface area (TPSA) is 42.4 Å². The Hall–Kier alpha value is -0.940. The first-order chi connectivity index (χ1) is 10.9. The Morgan fingerprint density at radius 3 is 2.83 bits per heavy atom. The monoisotopic (exact) mass is 336 g/mol. The van der Waals surface area contributed by atoms with Crippen LogP contribution in [0.15, 0.2) is 5.38 Å². The molecule has 1 aromatic rings. The van der Waals surface area contributed by atoms with E-state index in [9.17, 15) is 4.79 Å². The van der Waals surface area contributed by atoms with E-state index in [2.05, 4.69) is 31.1 Å². The summed E-state index contributed by atoms with van der Waals surface area (Å²) in [6.45, 7) is 8.23. The maximum Gasteiger partial charge on any atom is 0.225 e. The van der Waals surface area contributed by atoms with Gasteiger partial charge in [-0.25, -0.2) is 4.98 Å². The largest absolute Gasteiger partial charge is 0.378 e. The summed E-state index contributed by atoms with van der Waals surface area (Å²) in [7, 11) is 0. The molecule has 2 aliphatic rings. The predicted molar refractivity (Wildman–Crippen MR) is 92.7 cm³/mol. The maximum atomic E-state index is 12.8. The molecular weight excluding hydrogens is 308 g/mol. The third-order valence-electron chi connectivity index (χ3n) is 4.82. The van der Waals surface area contributed by atoms with Gasteiger partial charge in [0.15, 0.2) is 0 Å². The highest BCUT2D eigenvalue weighted by Crippen LogP contribution is 2.35. The molecule has 0 N–H and O–H groups in total. The molecular formula is C18H28N2O2S. The summed E-state index contributed by atoms with van der Waals surface area (Å²) in [5.41, 5.74) is 1.20. The number of thiazole rings is 1. The van der Waals surface area contributed by atoms with Crippen LogP contribution < -0.4 is 0 Å². The Bertz CT molecular complexity index is 543. The number of hydrogen-bond acceptors (Lipinski definition) is 4. The summed E-state index contributed by atoms with van der Waals surface area (Å²) in [4.78, 5) is 19.7. The van der Waals surface area contributed by atoms with Crippen LogP contribution in [0.5, 0.6) is 0 Å². The van der Waals surface area contributed by atoms with E-state index in [4.69, 9.17) is 9.72 Å². The molecule has 0 aromatic carbocycles. The highest BCUT2D eigenvalue weighted by molar-refractivity contribution is 7.09. The van der Waals surface area contributed by atoms with Crippen molar-refractivity contribution in [3.05, 3.63) is 16.1 Å². The second-order valence-corrected chi connectivity index (χ2v) is 8.65. The number of rotatable bonds is 3. The molecule has 4 nitrogen and oxygen atoms in total. The van der Waals surface area contributed by atoms with Crippen LogP contribution in [0.2, 0.25) is 0 Å². The molecule has 3 heterocycles. The molecule has 2 fully saturated rings. The van der Waals surface area contributed by atoms with E-state index < -0.39 is 0 Å². The Morgan fingerprint density at radius 1 is 1.35 bits per heavy atom. The van der Waals surface area contributed by atoms with Gasteiger partial charge in [0.05, 0.1) is 24.3 Å². The van der Waals surface area contributed by atoms with Gasteiger partial charge in [0.2, 0.25) is 5.91 Å². The number of nitrogens with zero attached hydrogens (tertiary/aromatic N) is 2. The molecule has 0 spiro atoms. The van der Waals surface area contributed by atoms with Crippen LogP contribution in [0.3, 0.4) is 0 Å². The number of hydrogen-bond donors (Lipinski definition) is 0. The van der Waals surface area contributed by atoms with Crippen molar-refractivity contribution in [2.75, 3.05) is 13.2 Å². The minimum absolute atomic E-state index is 0.0654. The van der Waals surface area contributed by atoms with Gasteiger partial charge in [0.1, 0.15) is 5.01 Å². The van der Waals surface area contributed by atoms with Crippen LogP contribution in [0.25, 0.3) is 0 Å². The Balaban J connectivity index is 1.73. The second kappa shape index (κ2) is 6.89. The van der Waals surface area contributed by atoms with Gasteiger partial charge in [-0.2, -0.15) is 0 Å². The SMILES string of the molecule is CC(C)(C)c1csc([C@@H]2CCCCN2C(=O)C[C@@H]2CCCO2)n1. The van der Waals surface area contributed by atoms with Gasteiger partial charge in [0.25, 0.3) is 0 Å². The summed E-state index contributed by atoms with van der Waals surface area (Å²) in [5.74, 6) is 0.245. The fourth-order valence-corrected chi connectivity index (χ4v) is 4.58. The smallest absolute Gasteiger partial charge is 0.225 e. The van der Waals surface area contributed by atoms with Gasteiger partial charge in [-0.1, -0.05) is 20.8 Å². The third kappa shape index (κ3) is 3.94. The van der Waals surface area contributed by atoms with Crippen LogP contribution in [-0.2, 0) is 14.9 Å². The summed E-state index contributed by atoms with van der Waals surface area (Å²) >= 11 is 1.71. The Kier molecular flexibility index (Phi) is 5.07. The minimum atomic E-state index is 0.0654. The van der Waals surface area contributed by atoms with Crippen LogP contribution in [0, 0.1) is 0 Å². The number of carbonyl (C=O) groups is 1. The average Bonchev–Trinajstić information content (AvgIpc) is 3.18. The Labute approximate surface area is 143 Å². The first-order valence-electron chi connectivity index (χ1n) is 8.82. The van der Waals surface area contributed by atoms with E-state index in [0.717, 1.165) is 49.5 Å². The normalized spacial score (nSPS) is 25.8. The first kappa shape index (κ1) is 16.9. The fraction of sp³-hybridized carbons (Fsp3) is 0.778. The van der Waals surface area contributed by atoms with E-state index in [1.807, 2.05) is 0 Å². The van der Waals surface area contributed by atoms with Gasteiger partial charge in [-0.05, 0) is 32.1 Å². The van der Waals surface area contributed by atoms with Crippen LogP contribution >= 0.6 is 11.3 Å². The average molecular weight is 337 g/mol. The molecule has 0 saturated carbocycles. The van der Waals surface area contributed by atoms with Crippen molar-refractivity contribution in [3.63, 3.8) is 0 Å². The lowest BCUT2D eigenvalue weighted by Gasteiger charge is -2.35. The van der Waals surface area contributed by atoms with Gasteiger partial charge in [-0.15, -0.1) is 11.3 Å². The summed E-state index contributed by atoms with van der Waals surface area (Å²) in [6, 6.07) is 0.166. The van der Waals surface area contributed by atoms with Crippen LogP contribution in [0.4, 0.5) is 0 Å². The van der Waals surface area contributed by atoms with Gasteiger partial charge >= 0.3 is 0 Å². The zero-order chi connectivity index (χ0) is 16.4. The van der Waals surface area contributed by atoms with Crippen molar-refractivity contribution < 1.29 is 9.53 Å². The van der Waals surface area contributed by atoms with E-state index in [0.29, 0.717) is 6.42 Å².